The summed E-state index contributed by atoms with van der Waals surface area (Å²) in [6.45, 7) is 18.0. The molecule has 0 aliphatic rings. The maximum atomic E-state index is 11.6. The number of rotatable bonds is 7. The fraction of sp³-hybridized carbons (Fsp3) is 0.289. The van der Waals surface area contributed by atoms with E-state index in [0.29, 0.717) is 11.5 Å². The van der Waals surface area contributed by atoms with Gasteiger partial charge in [-0.05, 0) is 85.0 Å². The standard InChI is InChI=1S/C45H48O2/c1-9-29-27-34(22-24-39(29)46)44(5,6)32-18-20-33(21-19-32)45(7,8)35-23-25-40(47)38(28-35)42(43(2,3)4)41-36-16-12-10-14-30(36)26-31-15-11-13-17-37(31)41/h10-28,42,46-47H,9H2,1-8H3. The van der Waals surface area contributed by atoms with Crippen LogP contribution in [-0.2, 0) is 17.3 Å². The molecule has 2 nitrogen and oxygen atoms in total. The third-order valence-electron chi connectivity index (χ3n) is 10.5. The molecule has 0 aromatic heterocycles. The summed E-state index contributed by atoms with van der Waals surface area (Å²) in [7, 11) is 0. The van der Waals surface area contributed by atoms with Crippen LogP contribution in [0.1, 0.15) is 100 Å². The topological polar surface area (TPSA) is 40.5 Å². The molecule has 2 heteroatoms. The van der Waals surface area contributed by atoms with E-state index in [0.717, 1.165) is 17.5 Å². The van der Waals surface area contributed by atoms with Gasteiger partial charge >= 0.3 is 0 Å². The smallest absolute Gasteiger partial charge is 0.119 e. The fourth-order valence-corrected chi connectivity index (χ4v) is 7.48. The number of aryl methyl sites for hydroxylation is 1. The van der Waals surface area contributed by atoms with E-state index in [2.05, 4.69) is 152 Å². The van der Waals surface area contributed by atoms with Gasteiger partial charge in [-0.25, -0.2) is 0 Å². The Morgan fingerprint density at radius 3 is 1.45 bits per heavy atom. The van der Waals surface area contributed by atoms with Crippen LogP contribution in [0.3, 0.4) is 0 Å². The minimum Gasteiger partial charge on any atom is -0.508 e. The van der Waals surface area contributed by atoms with Gasteiger partial charge in [-0.1, -0.05) is 152 Å². The van der Waals surface area contributed by atoms with Gasteiger partial charge in [0.25, 0.3) is 0 Å². The SMILES string of the molecule is CCc1cc(C(C)(C)c2ccc(C(C)(C)c3ccc(O)c(C(c4c5ccccc5cc5ccccc45)C(C)(C)C)c3)cc2)ccc1O. The molecule has 0 aliphatic heterocycles. The van der Waals surface area contributed by atoms with Gasteiger partial charge in [-0.2, -0.15) is 0 Å². The Morgan fingerprint density at radius 2 is 0.957 bits per heavy atom. The van der Waals surface area contributed by atoms with Crippen LogP contribution < -0.4 is 0 Å². The van der Waals surface area contributed by atoms with Crippen molar-refractivity contribution in [3.05, 3.63) is 154 Å². The third kappa shape index (κ3) is 5.80. The average Bonchev–Trinajstić information content (AvgIpc) is 3.05. The maximum absolute atomic E-state index is 11.6. The predicted molar refractivity (Wildman–Crippen MR) is 199 cm³/mol. The number of hydrogen-bond donors (Lipinski definition) is 2. The summed E-state index contributed by atoms with van der Waals surface area (Å²) in [5, 5.41) is 26.7. The van der Waals surface area contributed by atoms with Gasteiger partial charge in [0.2, 0.25) is 0 Å². The Bertz CT molecular complexity index is 2020. The molecule has 0 heterocycles. The summed E-state index contributed by atoms with van der Waals surface area (Å²) < 4.78 is 0. The molecule has 0 spiro atoms. The molecule has 2 N–H and O–H groups in total. The highest BCUT2D eigenvalue weighted by molar-refractivity contribution is 6.03. The molecule has 0 saturated heterocycles. The first kappa shape index (κ1) is 32.4. The van der Waals surface area contributed by atoms with Crippen molar-refractivity contribution in [3.63, 3.8) is 0 Å². The van der Waals surface area contributed by atoms with Crippen molar-refractivity contribution in [1.82, 2.24) is 0 Å². The van der Waals surface area contributed by atoms with Gasteiger partial charge in [0.1, 0.15) is 11.5 Å². The lowest BCUT2D eigenvalue weighted by atomic mass is 9.68. The van der Waals surface area contributed by atoms with E-state index in [1.165, 1.54) is 49.4 Å². The zero-order valence-corrected chi connectivity index (χ0v) is 29.1. The largest absolute Gasteiger partial charge is 0.508 e. The zero-order valence-electron chi connectivity index (χ0n) is 29.1. The lowest BCUT2D eigenvalue weighted by molar-refractivity contribution is 0.349. The molecule has 6 aromatic carbocycles. The Hall–Kier alpha value is -4.56. The van der Waals surface area contributed by atoms with Crippen LogP contribution in [0, 0.1) is 5.41 Å². The quantitative estimate of drug-likeness (QED) is 0.174. The Balaban J connectivity index is 1.44. The van der Waals surface area contributed by atoms with Gasteiger partial charge in [-0.3, -0.25) is 0 Å². The highest BCUT2D eigenvalue weighted by Gasteiger charge is 2.34. The van der Waals surface area contributed by atoms with Gasteiger partial charge in [0, 0.05) is 22.3 Å². The van der Waals surface area contributed by atoms with Crippen molar-refractivity contribution in [3.8, 4) is 11.5 Å². The van der Waals surface area contributed by atoms with Crippen LogP contribution in [0.15, 0.2) is 115 Å². The van der Waals surface area contributed by atoms with Gasteiger partial charge < -0.3 is 10.2 Å². The van der Waals surface area contributed by atoms with Crippen molar-refractivity contribution in [2.75, 3.05) is 0 Å². The maximum Gasteiger partial charge on any atom is 0.119 e. The van der Waals surface area contributed by atoms with Gasteiger partial charge in [0.15, 0.2) is 0 Å². The molecule has 6 aromatic rings. The van der Waals surface area contributed by atoms with Crippen molar-refractivity contribution in [1.29, 1.82) is 0 Å². The van der Waals surface area contributed by atoms with Crippen molar-refractivity contribution < 1.29 is 10.2 Å². The van der Waals surface area contributed by atoms with Crippen LogP contribution in [0.5, 0.6) is 11.5 Å². The van der Waals surface area contributed by atoms with Gasteiger partial charge in [0.05, 0.1) is 0 Å². The van der Waals surface area contributed by atoms with Crippen LogP contribution >= 0.6 is 0 Å². The first-order chi connectivity index (χ1) is 22.2. The molecule has 0 bridgehead atoms. The molecule has 1 atom stereocenters. The van der Waals surface area contributed by atoms with Crippen LogP contribution in [0.25, 0.3) is 21.5 Å². The molecule has 47 heavy (non-hydrogen) atoms. The van der Waals surface area contributed by atoms with E-state index in [9.17, 15) is 10.2 Å². The minimum absolute atomic E-state index is 0.0456. The minimum atomic E-state index is -0.303. The van der Waals surface area contributed by atoms with Crippen molar-refractivity contribution in [2.45, 2.75) is 78.6 Å². The second-order valence-corrected chi connectivity index (χ2v) is 15.3. The molecule has 0 aliphatic carbocycles. The molecule has 240 valence electrons. The predicted octanol–water partition coefficient (Wildman–Crippen LogP) is 11.8. The summed E-state index contributed by atoms with van der Waals surface area (Å²) in [4.78, 5) is 0. The molecular weight excluding hydrogens is 572 g/mol. The molecule has 0 amide bonds. The Morgan fingerprint density at radius 1 is 0.511 bits per heavy atom. The van der Waals surface area contributed by atoms with Crippen LogP contribution in [0.4, 0.5) is 0 Å². The monoisotopic (exact) mass is 620 g/mol. The average molecular weight is 621 g/mol. The van der Waals surface area contributed by atoms with E-state index >= 15 is 0 Å². The molecule has 0 saturated carbocycles. The van der Waals surface area contributed by atoms with E-state index in [1.54, 1.807) is 0 Å². The van der Waals surface area contributed by atoms with Crippen molar-refractivity contribution >= 4 is 21.5 Å². The molecule has 1 unspecified atom stereocenters. The Kier molecular flexibility index (Phi) is 8.20. The molecule has 0 radical (unpaired) electrons. The van der Waals surface area contributed by atoms with E-state index < -0.39 is 0 Å². The second kappa shape index (κ2) is 11.9. The third-order valence-corrected chi connectivity index (χ3v) is 10.5. The Labute approximate surface area is 280 Å². The van der Waals surface area contributed by atoms with E-state index in [-0.39, 0.29) is 22.2 Å². The second-order valence-electron chi connectivity index (χ2n) is 15.3. The number of hydrogen-bond acceptors (Lipinski definition) is 2. The number of benzene rings is 6. The molecule has 0 fully saturated rings. The van der Waals surface area contributed by atoms with Crippen LogP contribution in [-0.4, -0.2) is 10.2 Å². The highest BCUT2D eigenvalue weighted by Crippen LogP contribution is 2.49. The first-order valence-corrected chi connectivity index (χ1v) is 16.9. The summed E-state index contributed by atoms with van der Waals surface area (Å²) in [6.07, 6.45) is 0.796. The summed E-state index contributed by atoms with van der Waals surface area (Å²) >= 11 is 0. The first-order valence-electron chi connectivity index (χ1n) is 16.9. The number of phenolic OH excluding ortho intramolecular Hbond substituents is 2. The summed E-state index contributed by atoms with van der Waals surface area (Å²) in [5.41, 5.74) is 7.32. The van der Waals surface area contributed by atoms with E-state index in [4.69, 9.17) is 0 Å². The molecular formula is C45H48O2. The number of phenols is 2. The highest BCUT2D eigenvalue weighted by atomic mass is 16.3. The summed E-state index contributed by atoms with van der Waals surface area (Å²) in [5.74, 6) is 0.648. The zero-order chi connectivity index (χ0) is 33.7. The van der Waals surface area contributed by atoms with Crippen LogP contribution in [0.2, 0.25) is 0 Å². The van der Waals surface area contributed by atoms with E-state index in [1.807, 2.05) is 18.2 Å². The number of fused-ring (bicyclic) bond motifs is 2. The summed E-state index contributed by atoms with van der Waals surface area (Å²) in [6, 6.07) is 40.8. The normalized spacial score (nSPS) is 13.3. The van der Waals surface area contributed by atoms with Crippen molar-refractivity contribution in [2.24, 2.45) is 5.41 Å². The fourth-order valence-electron chi connectivity index (χ4n) is 7.48. The molecule has 6 rings (SSSR count). The lowest BCUT2D eigenvalue weighted by Gasteiger charge is -2.35. The lowest BCUT2D eigenvalue weighted by Crippen LogP contribution is -2.24. The van der Waals surface area contributed by atoms with Gasteiger partial charge in [-0.15, -0.1) is 0 Å². The number of aromatic hydroxyl groups is 2.